The van der Waals surface area contributed by atoms with Gasteiger partial charge in [-0.15, -0.1) is 5.10 Å². The first-order valence-corrected chi connectivity index (χ1v) is 7.77. The summed E-state index contributed by atoms with van der Waals surface area (Å²) in [5.41, 5.74) is 1.59. The zero-order valence-electron chi connectivity index (χ0n) is 13.7. The summed E-state index contributed by atoms with van der Waals surface area (Å²) in [5, 5.41) is 14.6. The molecule has 128 valence electrons. The van der Waals surface area contributed by atoms with Gasteiger partial charge in [0.15, 0.2) is 5.82 Å². The van der Waals surface area contributed by atoms with E-state index in [1.807, 2.05) is 30.3 Å². The van der Waals surface area contributed by atoms with Gasteiger partial charge in [-0.1, -0.05) is 11.6 Å². The number of hydrogen-bond donors (Lipinski definition) is 2. The van der Waals surface area contributed by atoms with Crippen molar-refractivity contribution in [2.75, 3.05) is 24.9 Å². The summed E-state index contributed by atoms with van der Waals surface area (Å²) >= 11 is 6.12. The summed E-state index contributed by atoms with van der Waals surface area (Å²) in [6, 6.07) is 12.8. The maximum Gasteiger partial charge on any atom is 0.249 e. The van der Waals surface area contributed by atoms with Crippen LogP contribution in [0.15, 0.2) is 48.7 Å². The number of anilines is 4. The smallest absolute Gasteiger partial charge is 0.249 e. The van der Waals surface area contributed by atoms with Crippen molar-refractivity contribution in [3.8, 4) is 11.5 Å². The highest BCUT2D eigenvalue weighted by molar-refractivity contribution is 6.32. The molecular formula is C17H16ClN5O2. The summed E-state index contributed by atoms with van der Waals surface area (Å²) in [4.78, 5) is 4.38. The van der Waals surface area contributed by atoms with E-state index >= 15 is 0 Å². The van der Waals surface area contributed by atoms with Crippen molar-refractivity contribution in [1.29, 1.82) is 0 Å². The largest absolute Gasteiger partial charge is 0.497 e. The van der Waals surface area contributed by atoms with E-state index in [1.54, 1.807) is 26.4 Å². The van der Waals surface area contributed by atoms with Crippen LogP contribution in [0.2, 0.25) is 5.02 Å². The van der Waals surface area contributed by atoms with Crippen LogP contribution >= 0.6 is 11.6 Å². The lowest BCUT2D eigenvalue weighted by Gasteiger charge is -2.09. The van der Waals surface area contributed by atoms with Crippen LogP contribution in [-0.4, -0.2) is 29.4 Å². The molecule has 0 saturated carbocycles. The van der Waals surface area contributed by atoms with E-state index in [9.17, 15) is 0 Å². The second-order valence-corrected chi connectivity index (χ2v) is 5.40. The normalized spacial score (nSPS) is 10.2. The van der Waals surface area contributed by atoms with Crippen molar-refractivity contribution in [3.63, 3.8) is 0 Å². The quantitative estimate of drug-likeness (QED) is 0.689. The lowest BCUT2D eigenvalue weighted by molar-refractivity contribution is 0.415. The van der Waals surface area contributed by atoms with Crippen LogP contribution in [-0.2, 0) is 0 Å². The Hall–Kier alpha value is -3.06. The third kappa shape index (κ3) is 4.27. The minimum absolute atomic E-state index is 0.370. The van der Waals surface area contributed by atoms with Gasteiger partial charge in [0.1, 0.15) is 11.5 Å². The molecule has 3 aromatic rings. The molecule has 0 aliphatic rings. The van der Waals surface area contributed by atoms with Crippen LogP contribution < -0.4 is 20.1 Å². The van der Waals surface area contributed by atoms with Crippen LogP contribution in [0.5, 0.6) is 11.5 Å². The Morgan fingerprint density at radius 2 is 1.68 bits per heavy atom. The van der Waals surface area contributed by atoms with Gasteiger partial charge in [0.25, 0.3) is 0 Å². The van der Waals surface area contributed by atoms with Gasteiger partial charge in [-0.05, 0) is 42.5 Å². The van der Waals surface area contributed by atoms with Gasteiger partial charge in [-0.3, -0.25) is 0 Å². The number of halogens is 1. The fraction of sp³-hybridized carbons (Fsp3) is 0.118. The van der Waals surface area contributed by atoms with Gasteiger partial charge in [-0.2, -0.15) is 10.1 Å². The van der Waals surface area contributed by atoms with Gasteiger partial charge in [-0.25, -0.2) is 0 Å². The molecule has 0 amide bonds. The second-order valence-electron chi connectivity index (χ2n) is 4.99. The van der Waals surface area contributed by atoms with Gasteiger partial charge >= 0.3 is 0 Å². The number of ether oxygens (including phenoxy) is 2. The van der Waals surface area contributed by atoms with Crippen LogP contribution in [0.4, 0.5) is 23.1 Å². The SMILES string of the molecule is COc1ccc(Nc2nncc(Nc3ccc(OC)c(Cl)c3)n2)cc1. The molecule has 0 fully saturated rings. The summed E-state index contributed by atoms with van der Waals surface area (Å²) in [6.07, 6.45) is 1.53. The maximum absolute atomic E-state index is 6.12. The van der Waals surface area contributed by atoms with E-state index in [2.05, 4.69) is 25.8 Å². The fourth-order valence-electron chi connectivity index (χ4n) is 2.11. The van der Waals surface area contributed by atoms with E-state index in [4.69, 9.17) is 21.1 Å². The van der Waals surface area contributed by atoms with Gasteiger partial charge in [0, 0.05) is 11.4 Å². The molecule has 2 aromatic carbocycles. The number of hydrogen-bond acceptors (Lipinski definition) is 7. The molecule has 0 unspecified atom stereocenters. The molecule has 25 heavy (non-hydrogen) atoms. The summed E-state index contributed by atoms with van der Waals surface area (Å²) in [5.74, 6) is 2.29. The highest BCUT2D eigenvalue weighted by Crippen LogP contribution is 2.28. The third-order valence-electron chi connectivity index (χ3n) is 3.33. The van der Waals surface area contributed by atoms with Crippen LogP contribution in [0.1, 0.15) is 0 Å². The van der Waals surface area contributed by atoms with Crippen molar-refractivity contribution in [1.82, 2.24) is 15.2 Å². The van der Waals surface area contributed by atoms with Gasteiger partial charge in [0.2, 0.25) is 5.95 Å². The molecule has 0 bridgehead atoms. The number of aromatic nitrogens is 3. The molecule has 0 aliphatic heterocycles. The Bertz CT molecular complexity index is 858. The average molecular weight is 358 g/mol. The number of rotatable bonds is 6. The molecular weight excluding hydrogens is 342 g/mol. The lowest BCUT2D eigenvalue weighted by atomic mass is 10.3. The molecule has 1 aromatic heterocycles. The van der Waals surface area contributed by atoms with Crippen LogP contribution in [0, 0.1) is 0 Å². The van der Waals surface area contributed by atoms with Crippen molar-refractivity contribution < 1.29 is 9.47 Å². The molecule has 0 aliphatic carbocycles. The molecule has 0 saturated heterocycles. The minimum Gasteiger partial charge on any atom is -0.497 e. The number of methoxy groups -OCH3 is 2. The highest BCUT2D eigenvalue weighted by Gasteiger charge is 2.05. The van der Waals surface area contributed by atoms with Gasteiger partial charge in [0.05, 0.1) is 25.4 Å². The molecule has 0 atom stereocenters. The molecule has 3 rings (SSSR count). The third-order valence-corrected chi connectivity index (χ3v) is 3.62. The highest BCUT2D eigenvalue weighted by atomic mass is 35.5. The van der Waals surface area contributed by atoms with Crippen molar-refractivity contribution in [2.24, 2.45) is 0 Å². The van der Waals surface area contributed by atoms with Crippen molar-refractivity contribution in [3.05, 3.63) is 53.7 Å². The lowest BCUT2D eigenvalue weighted by Crippen LogP contribution is -2.02. The van der Waals surface area contributed by atoms with E-state index in [1.165, 1.54) is 6.20 Å². The maximum atomic E-state index is 6.12. The number of benzene rings is 2. The first-order chi connectivity index (χ1) is 12.2. The van der Waals surface area contributed by atoms with Crippen LogP contribution in [0.3, 0.4) is 0 Å². The van der Waals surface area contributed by atoms with E-state index in [0.717, 1.165) is 17.1 Å². The minimum atomic E-state index is 0.370. The Morgan fingerprint density at radius 1 is 0.920 bits per heavy atom. The molecule has 2 N–H and O–H groups in total. The Labute approximate surface area is 150 Å². The Balaban J connectivity index is 1.73. The first-order valence-electron chi connectivity index (χ1n) is 7.39. The molecule has 0 radical (unpaired) electrons. The van der Waals surface area contributed by atoms with Crippen molar-refractivity contribution >= 4 is 34.7 Å². The topological polar surface area (TPSA) is 81.2 Å². The van der Waals surface area contributed by atoms with Gasteiger partial charge < -0.3 is 20.1 Å². The molecule has 1 heterocycles. The van der Waals surface area contributed by atoms with Crippen LogP contribution in [0.25, 0.3) is 0 Å². The van der Waals surface area contributed by atoms with E-state index in [0.29, 0.717) is 22.5 Å². The number of nitrogens with zero attached hydrogens (tertiary/aromatic N) is 3. The predicted molar refractivity (Wildman–Crippen MR) is 97.4 cm³/mol. The van der Waals surface area contributed by atoms with E-state index in [-0.39, 0.29) is 0 Å². The molecule has 0 spiro atoms. The zero-order valence-corrected chi connectivity index (χ0v) is 14.4. The number of nitrogens with one attached hydrogen (secondary N) is 2. The Kier molecular flexibility index (Phi) is 5.15. The predicted octanol–water partition coefficient (Wildman–Crippen LogP) is 4.03. The molecule has 8 heteroatoms. The monoisotopic (exact) mass is 357 g/mol. The fourth-order valence-corrected chi connectivity index (χ4v) is 2.37. The standard InChI is InChI=1S/C17H16ClN5O2/c1-24-13-6-3-11(4-7-13)21-17-22-16(10-19-23-17)20-12-5-8-15(25-2)14(18)9-12/h3-10H,1-2H3,(H2,20,21,22,23). The van der Waals surface area contributed by atoms with Crippen molar-refractivity contribution in [2.45, 2.75) is 0 Å². The first kappa shape index (κ1) is 16.8. The average Bonchev–Trinajstić information content (AvgIpc) is 2.63. The summed E-state index contributed by atoms with van der Waals surface area (Å²) in [6.45, 7) is 0. The van der Waals surface area contributed by atoms with E-state index < -0.39 is 0 Å². The zero-order chi connectivity index (χ0) is 17.6. The molecule has 7 nitrogen and oxygen atoms in total. The Morgan fingerprint density at radius 3 is 2.36 bits per heavy atom. The summed E-state index contributed by atoms with van der Waals surface area (Å²) in [7, 11) is 3.19. The summed E-state index contributed by atoms with van der Waals surface area (Å²) < 4.78 is 10.3. The second kappa shape index (κ2) is 7.67.